The quantitative estimate of drug-likeness (QED) is 0.841. The lowest BCUT2D eigenvalue weighted by Gasteiger charge is -2.41. The van der Waals surface area contributed by atoms with Crippen molar-refractivity contribution in [3.63, 3.8) is 0 Å². The van der Waals surface area contributed by atoms with Crippen molar-refractivity contribution in [2.75, 3.05) is 19.6 Å². The van der Waals surface area contributed by atoms with Gasteiger partial charge in [-0.1, -0.05) is 26.7 Å². The summed E-state index contributed by atoms with van der Waals surface area (Å²) in [5, 5.41) is 4.00. The average Bonchev–Trinajstić information content (AvgIpc) is 2.91. The predicted molar refractivity (Wildman–Crippen MR) is 86.0 cm³/mol. The van der Waals surface area contributed by atoms with Crippen LogP contribution in [0.15, 0.2) is 0 Å². The highest BCUT2D eigenvalue weighted by Crippen LogP contribution is 2.38. The highest BCUT2D eigenvalue weighted by atomic mass is 15.2. The summed E-state index contributed by atoms with van der Waals surface area (Å²) in [4.78, 5) is 2.76. The van der Waals surface area contributed by atoms with Gasteiger partial charge in [0.2, 0.25) is 0 Å². The molecule has 2 heterocycles. The predicted octanol–water partition coefficient (Wildman–Crippen LogP) is 3.81. The molecule has 3 rings (SSSR count). The summed E-state index contributed by atoms with van der Waals surface area (Å²) >= 11 is 0. The molecule has 1 aliphatic carbocycles. The molecule has 3 aliphatic rings. The lowest BCUT2D eigenvalue weighted by molar-refractivity contribution is 0.145. The first-order chi connectivity index (χ1) is 9.74. The van der Waals surface area contributed by atoms with E-state index in [4.69, 9.17) is 0 Å². The minimum absolute atomic E-state index is 0.641. The van der Waals surface area contributed by atoms with Crippen LogP contribution in [0.3, 0.4) is 0 Å². The number of likely N-dealkylation sites (tertiary alicyclic amines) is 1. The highest BCUT2D eigenvalue weighted by Gasteiger charge is 2.37. The van der Waals surface area contributed by atoms with E-state index in [9.17, 15) is 0 Å². The first kappa shape index (κ1) is 14.8. The molecule has 1 saturated carbocycles. The molecule has 0 bridgehead atoms. The minimum Gasteiger partial charge on any atom is -0.310 e. The Morgan fingerprint density at radius 2 is 1.85 bits per heavy atom. The summed E-state index contributed by atoms with van der Waals surface area (Å²) in [5.41, 5.74) is 0.641. The van der Waals surface area contributed by atoms with Gasteiger partial charge in [-0.2, -0.15) is 0 Å². The number of rotatable bonds is 4. The first-order valence-electron chi connectivity index (χ1n) is 9.23. The van der Waals surface area contributed by atoms with Gasteiger partial charge in [0.1, 0.15) is 0 Å². The van der Waals surface area contributed by atoms with E-state index in [-0.39, 0.29) is 0 Å². The van der Waals surface area contributed by atoms with Gasteiger partial charge in [0.05, 0.1) is 0 Å². The third-order valence-electron chi connectivity index (χ3n) is 6.74. The Hall–Kier alpha value is -0.0800. The normalized spacial score (nSPS) is 37.8. The van der Waals surface area contributed by atoms with Crippen LogP contribution in [0.4, 0.5) is 0 Å². The van der Waals surface area contributed by atoms with Crippen LogP contribution in [0.25, 0.3) is 0 Å². The molecule has 2 saturated heterocycles. The molecule has 2 aliphatic heterocycles. The van der Waals surface area contributed by atoms with E-state index in [0.717, 1.165) is 18.0 Å². The van der Waals surface area contributed by atoms with Crippen LogP contribution >= 0.6 is 0 Å². The van der Waals surface area contributed by atoms with E-state index in [1.165, 1.54) is 77.4 Å². The van der Waals surface area contributed by atoms with Crippen molar-refractivity contribution in [1.29, 1.82) is 0 Å². The maximum Gasteiger partial charge on any atom is 0.0197 e. The topological polar surface area (TPSA) is 15.3 Å². The summed E-state index contributed by atoms with van der Waals surface area (Å²) in [6.45, 7) is 8.78. The number of nitrogens with zero attached hydrogens (tertiary/aromatic N) is 1. The third kappa shape index (κ3) is 3.06. The smallest absolute Gasteiger partial charge is 0.0197 e. The first-order valence-corrected chi connectivity index (χ1v) is 9.23. The molecule has 0 spiro atoms. The van der Waals surface area contributed by atoms with Crippen LogP contribution in [0, 0.1) is 11.3 Å². The number of fused-ring (bicyclic) bond motifs is 1. The van der Waals surface area contributed by atoms with Crippen molar-refractivity contribution < 1.29 is 0 Å². The van der Waals surface area contributed by atoms with Gasteiger partial charge >= 0.3 is 0 Å². The molecule has 0 aromatic heterocycles. The van der Waals surface area contributed by atoms with E-state index >= 15 is 0 Å². The molecule has 2 nitrogen and oxygen atoms in total. The molecular weight excluding hydrogens is 244 g/mol. The molecule has 3 fully saturated rings. The lowest BCUT2D eigenvalue weighted by Crippen LogP contribution is -2.52. The van der Waals surface area contributed by atoms with E-state index in [0.29, 0.717) is 5.41 Å². The van der Waals surface area contributed by atoms with Gasteiger partial charge < -0.3 is 10.2 Å². The lowest BCUT2D eigenvalue weighted by atomic mass is 9.77. The van der Waals surface area contributed by atoms with E-state index in [1.807, 2.05) is 0 Å². The molecular formula is C18H34N2. The Bertz CT molecular complexity index is 311. The number of piperidine rings is 1. The molecule has 3 unspecified atom stereocenters. The van der Waals surface area contributed by atoms with Crippen LogP contribution in [0.1, 0.15) is 71.6 Å². The molecule has 0 amide bonds. The average molecular weight is 278 g/mol. The fourth-order valence-corrected chi connectivity index (χ4v) is 5.04. The monoisotopic (exact) mass is 278 g/mol. The summed E-state index contributed by atoms with van der Waals surface area (Å²) in [6, 6.07) is 1.63. The highest BCUT2D eigenvalue weighted by molar-refractivity contribution is 4.93. The summed E-state index contributed by atoms with van der Waals surface area (Å²) in [6.07, 6.45) is 12.9. The fourth-order valence-electron chi connectivity index (χ4n) is 5.04. The van der Waals surface area contributed by atoms with Gasteiger partial charge in [-0.15, -0.1) is 0 Å². The Morgan fingerprint density at radius 3 is 2.60 bits per heavy atom. The summed E-state index contributed by atoms with van der Waals surface area (Å²) in [5.74, 6) is 1.00. The number of hydrogen-bond acceptors (Lipinski definition) is 2. The number of hydrogen-bond donors (Lipinski definition) is 1. The van der Waals surface area contributed by atoms with Gasteiger partial charge in [-0.05, 0) is 62.8 Å². The van der Waals surface area contributed by atoms with Crippen molar-refractivity contribution in [3.05, 3.63) is 0 Å². The molecule has 116 valence electrons. The minimum atomic E-state index is 0.641. The Kier molecular flexibility index (Phi) is 4.72. The van der Waals surface area contributed by atoms with Crippen molar-refractivity contribution >= 4 is 0 Å². The third-order valence-corrected chi connectivity index (χ3v) is 6.74. The van der Waals surface area contributed by atoms with Crippen molar-refractivity contribution in [2.45, 2.75) is 83.7 Å². The Labute approximate surface area is 125 Å². The zero-order valence-electron chi connectivity index (χ0n) is 13.7. The molecule has 0 aromatic carbocycles. The van der Waals surface area contributed by atoms with E-state index in [1.54, 1.807) is 0 Å². The zero-order valence-corrected chi connectivity index (χ0v) is 13.7. The van der Waals surface area contributed by atoms with Crippen molar-refractivity contribution in [1.82, 2.24) is 10.2 Å². The number of nitrogens with one attached hydrogen (secondary N) is 1. The van der Waals surface area contributed by atoms with Crippen LogP contribution in [0.2, 0.25) is 0 Å². The van der Waals surface area contributed by atoms with Crippen LogP contribution in [-0.4, -0.2) is 36.6 Å². The fraction of sp³-hybridized carbons (Fsp3) is 1.00. The molecule has 3 atom stereocenters. The van der Waals surface area contributed by atoms with E-state index in [2.05, 4.69) is 24.1 Å². The van der Waals surface area contributed by atoms with Crippen LogP contribution in [-0.2, 0) is 0 Å². The maximum atomic E-state index is 4.00. The van der Waals surface area contributed by atoms with Crippen LogP contribution < -0.4 is 5.32 Å². The van der Waals surface area contributed by atoms with Crippen molar-refractivity contribution in [2.24, 2.45) is 11.3 Å². The van der Waals surface area contributed by atoms with Gasteiger partial charge in [-0.25, -0.2) is 0 Å². The molecule has 2 heteroatoms. The molecule has 0 aromatic rings. The SMILES string of the molecule is CCC1(CC)CCN(CC2CCC3CCCCC3N2)C1. The van der Waals surface area contributed by atoms with Gasteiger partial charge in [-0.3, -0.25) is 0 Å². The van der Waals surface area contributed by atoms with Gasteiger partial charge in [0.25, 0.3) is 0 Å². The Balaban J connectivity index is 1.49. The van der Waals surface area contributed by atoms with Gasteiger partial charge in [0.15, 0.2) is 0 Å². The summed E-state index contributed by atoms with van der Waals surface area (Å²) in [7, 11) is 0. The molecule has 0 radical (unpaired) electrons. The second-order valence-corrected chi connectivity index (χ2v) is 7.78. The van der Waals surface area contributed by atoms with Crippen molar-refractivity contribution in [3.8, 4) is 0 Å². The molecule has 20 heavy (non-hydrogen) atoms. The zero-order chi connectivity index (χ0) is 14.0. The Morgan fingerprint density at radius 1 is 1.05 bits per heavy atom. The second-order valence-electron chi connectivity index (χ2n) is 7.78. The maximum absolute atomic E-state index is 4.00. The largest absolute Gasteiger partial charge is 0.310 e. The second kappa shape index (κ2) is 6.36. The standard InChI is InChI=1S/C18H34N2/c1-3-18(4-2)11-12-20(14-18)13-16-10-9-15-7-5-6-8-17(15)19-16/h15-17,19H,3-14H2,1-2H3. The van der Waals surface area contributed by atoms with Gasteiger partial charge in [0, 0.05) is 25.2 Å². The summed E-state index contributed by atoms with van der Waals surface area (Å²) < 4.78 is 0. The van der Waals surface area contributed by atoms with Crippen LogP contribution in [0.5, 0.6) is 0 Å². The molecule has 1 N–H and O–H groups in total. The van der Waals surface area contributed by atoms with E-state index < -0.39 is 0 Å².